The summed E-state index contributed by atoms with van der Waals surface area (Å²) < 4.78 is 2.48. The highest BCUT2D eigenvalue weighted by atomic mass is 16.2. The molecule has 3 nitrogen and oxygen atoms in total. The zero-order chi connectivity index (χ0) is 15.4. The summed E-state index contributed by atoms with van der Waals surface area (Å²) in [5.41, 5.74) is 5.60. The smallest absolute Gasteiger partial charge is 0.225 e. The van der Waals surface area contributed by atoms with Gasteiger partial charge in [-0.3, -0.25) is 4.79 Å². The summed E-state index contributed by atoms with van der Waals surface area (Å²) in [7, 11) is 0. The van der Waals surface area contributed by atoms with Gasteiger partial charge in [0.2, 0.25) is 5.91 Å². The monoisotopic (exact) mass is 296 g/mol. The number of nitrogens with zero attached hydrogens (tertiary/aromatic N) is 2. The van der Waals surface area contributed by atoms with E-state index in [9.17, 15) is 4.79 Å². The molecule has 1 aliphatic carbocycles. The number of rotatable bonds is 1. The van der Waals surface area contributed by atoms with Gasteiger partial charge in [-0.1, -0.05) is 25.5 Å². The van der Waals surface area contributed by atoms with E-state index in [-0.39, 0.29) is 5.92 Å². The third-order valence-corrected chi connectivity index (χ3v) is 5.31. The van der Waals surface area contributed by atoms with E-state index in [1.54, 1.807) is 0 Å². The normalized spacial score (nSPS) is 20.5. The summed E-state index contributed by atoms with van der Waals surface area (Å²) in [4.78, 5) is 14.7. The fourth-order valence-corrected chi connectivity index (χ4v) is 4.31. The van der Waals surface area contributed by atoms with Gasteiger partial charge in [-0.15, -0.1) is 0 Å². The molecule has 0 saturated carbocycles. The third-order valence-electron chi connectivity index (χ3n) is 5.31. The van der Waals surface area contributed by atoms with Crippen molar-refractivity contribution in [1.29, 1.82) is 0 Å². The van der Waals surface area contributed by atoms with Crippen molar-refractivity contribution in [3.63, 3.8) is 0 Å². The number of carbonyl (C=O) groups excluding carboxylic acids is 1. The Bertz CT molecular complexity index is 756. The summed E-state index contributed by atoms with van der Waals surface area (Å²) in [6.45, 7) is 7.98. The number of hydrogen-bond acceptors (Lipinski definition) is 1. The van der Waals surface area contributed by atoms with Gasteiger partial charge in [-0.05, 0) is 43.9 Å². The van der Waals surface area contributed by atoms with E-state index in [4.69, 9.17) is 0 Å². The van der Waals surface area contributed by atoms with Crippen molar-refractivity contribution in [2.45, 2.75) is 52.6 Å². The molecule has 1 aliphatic heterocycles. The fourth-order valence-electron chi connectivity index (χ4n) is 4.31. The van der Waals surface area contributed by atoms with Crippen LogP contribution >= 0.6 is 0 Å². The first-order valence-corrected chi connectivity index (χ1v) is 8.50. The molecule has 1 unspecified atom stereocenters. The molecular formula is C19H24N2O. The number of aromatic nitrogens is 1. The zero-order valence-electron chi connectivity index (χ0n) is 13.7. The van der Waals surface area contributed by atoms with Crippen molar-refractivity contribution in [2.75, 3.05) is 6.54 Å². The predicted octanol–water partition coefficient (Wildman–Crippen LogP) is 3.83. The minimum absolute atomic E-state index is 0.0866. The molecule has 1 aromatic carbocycles. The van der Waals surface area contributed by atoms with Crippen LogP contribution in [0.15, 0.2) is 18.2 Å². The summed E-state index contributed by atoms with van der Waals surface area (Å²) >= 11 is 0. The molecular weight excluding hydrogens is 272 g/mol. The number of aryl methyl sites for hydroxylation is 2. The lowest BCUT2D eigenvalue weighted by molar-refractivity contribution is -0.138. The number of benzene rings is 1. The lowest BCUT2D eigenvalue weighted by atomic mass is 9.89. The molecule has 0 fully saturated rings. The Morgan fingerprint density at radius 3 is 2.86 bits per heavy atom. The molecule has 1 amide bonds. The Balaban J connectivity index is 1.90. The molecule has 0 spiro atoms. The first-order chi connectivity index (χ1) is 10.6. The van der Waals surface area contributed by atoms with E-state index < -0.39 is 0 Å². The molecule has 0 N–H and O–H groups in total. The van der Waals surface area contributed by atoms with Crippen molar-refractivity contribution >= 4 is 16.8 Å². The third kappa shape index (κ3) is 1.84. The van der Waals surface area contributed by atoms with Crippen LogP contribution in [0, 0.1) is 12.8 Å². The number of fused-ring (bicyclic) bond motifs is 3. The van der Waals surface area contributed by atoms with Gasteiger partial charge >= 0.3 is 0 Å². The van der Waals surface area contributed by atoms with E-state index in [1.165, 1.54) is 34.1 Å². The summed E-state index contributed by atoms with van der Waals surface area (Å²) in [6, 6.07) is 7.09. The maximum absolute atomic E-state index is 12.6. The molecule has 2 heterocycles. The zero-order valence-corrected chi connectivity index (χ0v) is 13.7. The topological polar surface area (TPSA) is 25.2 Å². The van der Waals surface area contributed by atoms with Crippen molar-refractivity contribution in [1.82, 2.24) is 9.47 Å². The molecule has 1 aromatic heterocycles. The summed E-state index contributed by atoms with van der Waals surface area (Å²) in [5.74, 6) is 0.397. The Kier molecular flexibility index (Phi) is 3.07. The summed E-state index contributed by atoms with van der Waals surface area (Å²) in [6.07, 6.45) is 3.45. The van der Waals surface area contributed by atoms with Crippen LogP contribution in [0.1, 0.15) is 49.6 Å². The largest absolute Gasteiger partial charge is 0.341 e. The maximum atomic E-state index is 12.6. The van der Waals surface area contributed by atoms with Crippen molar-refractivity contribution in [3.8, 4) is 0 Å². The molecule has 3 heteroatoms. The second kappa shape index (κ2) is 4.87. The highest BCUT2D eigenvalue weighted by Crippen LogP contribution is 2.43. The lowest BCUT2D eigenvalue weighted by Crippen LogP contribution is -2.45. The highest BCUT2D eigenvalue weighted by Gasteiger charge is 2.37. The van der Waals surface area contributed by atoms with E-state index in [2.05, 4.69) is 34.6 Å². The first kappa shape index (κ1) is 13.9. The van der Waals surface area contributed by atoms with Crippen LogP contribution in [0.3, 0.4) is 0 Å². The number of carbonyl (C=O) groups is 1. The maximum Gasteiger partial charge on any atom is 0.225 e. The molecule has 22 heavy (non-hydrogen) atoms. The van der Waals surface area contributed by atoms with E-state index >= 15 is 0 Å². The molecule has 4 rings (SSSR count). The van der Waals surface area contributed by atoms with Gasteiger partial charge in [-0.25, -0.2) is 0 Å². The average Bonchev–Trinajstić information content (AvgIpc) is 2.83. The van der Waals surface area contributed by atoms with Crippen molar-refractivity contribution < 1.29 is 4.79 Å². The van der Waals surface area contributed by atoms with Gasteiger partial charge in [-0.2, -0.15) is 0 Å². The Hall–Kier alpha value is -1.77. The van der Waals surface area contributed by atoms with Crippen LogP contribution < -0.4 is 0 Å². The Morgan fingerprint density at radius 2 is 2.09 bits per heavy atom. The van der Waals surface area contributed by atoms with Gasteiger partial charge in [0.05, 0.1) is 6.04 Å². The number of amides is 1. The predicted molar refractivity (Wildman–Crippen MR) is 88.9 cm³/mol. The fraction of sp³-hybridized carbons (Fsp3) is 0.526. The van der Waals surface area contributed by atoms with Crippen LogP contribution in [-0.4, -0.2) is 21.9 Å². The second-order valence-electron chi connectivity index (χ2n) is 7.13. The second-order valence-corrected chi connectivity index (χ2v) is 7.13. The Morgan fingerprint density at radius 1 is 1.27 bits per heavy atom. The minimum Gasteiger partial charge on any atom is -0.341 e. The first-order valence-electron chi connectivity index (χ1n) is 8.50. The van der Waals surface area contributed by atoms with Gasteiger partial charge < -0.3 is 9.47 Å². The number of hydrogen-bond donors (Lipinski definition) is 0. The quantitative estimate of drug-likeness (QED) is 0.785. The van der Waals surface area contributed by atoms with Crippen LogP contribution in [0.2, 0.25) is 0 Å². The molecule has 0 bridgehead atoms. The Labute approximate surface area is 131 Å². The lowest BCUT2D eigenvalue weighted by Gasteiger charge is -2.40. The standard InChI is InChI=1S/C19H24N2O/c1-12(2)19(22)21-10-9-20-16-8-7-13(3)11-15(16)14-5-4-6-17(21)18(14)20/h7-8,11-12,17H,4-6,9-10H2,1-3H3. The summed E-state index contributed by atoms with van der Waals surface area (Å²) in [5, 5.41) is 1.42. The van der Waals surface area contributed by atoms with Crippen LogP contribution in [0.25, 0.3) is 10.9 Å². The molecule has 0 radical (unpaired) electrons. The SMILES string of the molecule is Cc1ccc2c(c1)c1c3n2CCN(C(=O)C(C)C)C3CCC1. The van der Waals surface area contributed by atoms with Crippen molar-refractivity contribution in [2.24, 2.45) is 5.92 Å². The van der Waals surface area contributed by atoms with E-state index in [0.717, 1.165) is 25.9 Å². The van der Waals surface area contributed by atoms with Gasteiger partial charge in [0.1, 0.15) is 0 Å². The van der Waals surface area contributed by atoms with Crippen LogP contribution in [0.4, 0.5) is 0 Å². The van der Waals surface area contributed by atoms with E-state index in [0.29, 0.717) is 11.9 Å². The van der Waals surface area contributed by atoms with Gasteiger partial charge in [0, 0.05) is 35.6 Å². The van der Waals surface area contributed by atoms with Crippen molar-refractivity contribution in [3.05, 3.63) is 35.0 Å². The van der Waals surface area contributed by atoms with Gasteiger partial charge in [0.25, 0.3) is 0 Å². The van der Waals surface area contributed by atoms with Gasteiger partial charge in [0.15, 0.2) is 0 Å². The van der Waals surface area contributed by atoms with Crippen LogP contribution in [0.5, 0.6) is 0 Å². The highest BCUT2D eigenvalue weighted by molar-refractivity contribution is 5.88. The van der Waals surface area contributed by atoms with Crippen LogP contribution in [-0.2, 0) is 17.8 Å². The van der Waals surface area contributed by atoms with E-state index in [1.807, 2.05) is 13.8 Å². The molecule has 2 aliphatic rings. The minimum atomic E-state index is 0.0866. The molecule has 1 atom stereocenters. The molecule has 0 saturated heterocycles. The molecule has 116 valence electrons. The molecule has 2 aromatic rings. The average molecular weight is 296 g/mol.